The molecule has 1 N–H and O–H groups in total. The third-order valence-corrected chi connectivity index (χ3v) is 7.47. The molecule has 0 saturated heterocycles. The Labute approximate surface area is 122 Å². The van der Waals surface area contributed by atoms with Crippen molar-refractivity contribution in [2.24, 2.45) is 5.41 Å². The molecule has 2 unspecified atom stereocenters. The molecule has 3 saturated carbocycles. The molecule has 0 aromatic heterocycles. The zero-order valence-corrected chi connectivity index (χ0v) is 13.4. The summed E-state index contributed by atoms with van der Waals surface area (Å²) in [5.74, 6) is 0. The third-order valence-electron chi connectivity index (χ3n) is 6.06. The molecule has 2 nitrogen and oxygen atoms in total. The van der Waals surface area contributed by atoms with Gasteiger partial charge in [-0.05, 0) is 45.3 Å². The first-order valence-electron chi connectivity index (χ1n) is 8.15. The fraction of sp³-hybridized carbons (Fsp3) is 1.00. The van der Waals surface area contributed by atoms with E-state index in [1.807, 2.05) is 0 Å². The third kappa shape index (κ3) is 2.36. The Balaban J connectivity index is 1.56. The second-order valence-electron chi connectivity index (χ2n) is 6.79. The van der Waals surface area contributed by atoms with Gasteiger partial charge in [-0.1, -0.05) is 19.3 Å². The van der Waals surface area contributed by atoms with Crippen LogP contribution in [0, 0.1) is 5.41 Å². The molecule has 3 fully saturated rings. The molecule has 0 aromatic rings. The number of rotatable bonds is 6. The highest BCUT2D eigenvalue weighted by Gasteiger charge is 2.56. The van der Waals surface area contributed by atoms with E-state index in [9.17, 15) is 0 Å². The van der Waals surface area contributed by atoms with E-state index in [0.29, 0.717) is 16.3 Å². The van der Waals surface area contributed by atoms with E-state index in [-0.39, 0.29) is 0 Å². The van der Waals surface area contributed by atoms with Crippen LogP contribution in [-0.4, -0.2) is 36.3 Å². The topological polar surface area (TPSA) is 21.3 Å². The van der Waals surface area contributed by atoms with Crippen LogP contribution in [0.5, 0.6) is 0 Å². The summed E-state index contributed by atoms with van der Waals surface area (Å²) in [4.78, 5) is 0. The minimum Gasteiger partial charge on any atom is -0.378 e. The Morgan fingerprint density at radius 3 is 2.42 bits per heavy atom. The summed E-state index contributed by atoms with van der Waals surface area (Å²) in [5, 5.41) is 3.93. The second kappa shape index (κ2) is 5.57. The molecule has 0 aliphatic heterocycles. The molecule has 3 aliphatic rings. The number of hydrogen-bond acceptors (Lipinski definition) is 3. The average Bonchev–Trinajstić information content (AvgIpc) is 2.87. The molecule has 0 heterocycles. The molecule has 0 bridgehead atoms. The van der Waals surface area contributed by atoms with Gasteiger partial charge in [-0.25, -0.2) is 0 Å². The van der Waals surface area contributed by atoms with Crippen molar-refractivity contribution in [1.82, 2.24) is 5.32 Å². The van der Waals surface area contributed by atoms with Gasteiger partial charge in [-0.2, -0.15) is 11.8 Å². The first kappa shape index (κ1) is 14.2. The fourth-order valence-electron chi connectivity index (χ4n) is 4.51. The summed E-state index contributed by atoms with van der Waals surface area (Å²) in [7, 11) is 0. The van der Waals surface area contributed by atoms with E-state index in [0.717, 1.165) is 12.6 Å². The lowest BCUT2D eigenvalue weighted by molar-refractivity contribution is -0.130. The van der Waals surface area contributed by atoms with E-state index >= 15 is 0 Å². The standard InChI is InChI=1S/C16H29NOS/c1-3-18-14-11-13(16(14)9-4-5-10-16)17-12-15(19-2)7-6-8-15/h13-14,17H,3-12H2,1-2H3. The average molecular weight is 283 g/mol. The Bertz CT molecular complexity index is 304. The SMILES string of the molecule is CCOC1CC(NCC2(SC)CCC2)C12CCCC2. The molecule has 19 heavy (non-hydrogen) atoms. The van der Waals surface area contributed by atoms with Gasteiger partial charge in [0.1, 0.15) is 0 Å². The normalized spacial score (nSPS) is 35.1. The van der Waals surface area contributed by atoms with Gasteiger partial charge < -0.3 is 10.1 Å². The maximum absolute atomic E-state index is 6.00. The van der Waals surface area contributed by atoms with Crippen LogP contribution < -0.4 is 5.32 Å². The highest BCUT2D eigenvalue weighted by molar-refractivity contribution is 8.00. The first-order chi connectivity index (χ1) is 9.25. The van der Waals surface area contributed by atoms with Crippen LogP contribution in [0.4, 0.5) is 0 Å². The minimum absolute atomic E-state index is 0.499. The molecule has 110 valence electrons. The number of thioether (sulfide) groups is 1. The van der Waals surface area contributed by atoms with Crippen molar-refractivity contribution in [3.63, 3.8) is 0 Å². The summed E-state index contributed by atoms with van der Waals surface area (Å²) in [6.07, 6.45) is 13.9. The largest absolute Gasteiger partial charge is 0.378 e. The van der Waals surface area contributed by atoms with Crippen molar-refractivity contribution in [2.75, 3.05) is 19.4 Å². The van der Waals surface area contributed by atoms with Crippen LogP contribution in [0.15, 0.2) is 0 Å². The first-order valence-corrected chi connectivity index (χ1v) is 9.37. The summed E-state index contributed by atoms with van der Waals surface area (Å²) < 4.78 is 6.57. The Hall–Kier alpha value is 0.270. The molecule has 3 aliphatic carbocycles. The van der Waals surface area contributed by atoms with Crippen LogP contribution in [0.25, 0.3) is 0 Å². The molecule has 0 radical (unpaired) electrons. The van der Waals surface area contributed by atoms with E-state index in [1.54, 1.807) is 0 Å². The summed E-state index contributed by atoms with van der Waals surface area (Å²) in [5.41, 5.74) is 0.499. The molecule has 0 aromatic carbocycles. The van der Waals surface area contributed by atoms with Gasteiger partial charge in [0.25, 0.3) is 0 Å². The number of ether oxygens (including phenoxy) is 1. The zero-order chi connectivity index (χ0) is 13.3. The molecule has 3 heteroatoms. The predicted octanol–water partition coefficient (Wildman–Crippen LogP) is 3.60. The lowest BCUT2D eigenvalue weighted by atomic mass is 9.60. The van der Waals surface area contributed by atoms with Crippen LogP contribution in [0.2, 0.25) is 0 Å². The van der Waals surface area contributed by atoms with E-state index in [4.69, 9.17) is 4.74 Å². The van der Waals surface area contributed by atoms with E-state index in [2.05, 4.69) is 30.3 Å². The summed E-state index contributed by atoms with van der Waals surface area (Å²) in [6, 6.07) is 0.733. The Morgan fingerprint density at radius 2 is 1.89 bits per heavy atom. The highest BCUT2D eigenvalue weighted by atomic mass is 32.2. The van der Waals surface area contributed by atoms with Gasteiger partial charge in [0.15, 0.2) is 0 Å². The van der Waals surface area contributed by atoms with Gasteiger partial charge in [0, 0.05) is 29.4 Å². The van der Waals surface area contributed by atoms with Gasteiger partial charge in [0.05, 0.1) is 6.10 Å². The predicted molar refractivity (Wildman–Crippen MR) is 82.8 cm³/mol. The van der Waals surface area contributed by atoms with Crippen molar-refractivity contribution in [1.29, 1.82) is 0 Å². The maximum Gasteiger partial charge on any atom is 0.0661 e. The molecule has 2 atom stereocenters. The van der Waals surface area contributed by atoms with Crippen LogP contribution >= 0.6 is 11.8 Å². The molecule has 1 spiro atoms. The maximum atomic E-state index is 6.00. The zero-order valence-electron chi connectivity index (χ0n) is 12.5. The van der Waals surface area contributed by atoms with Gasteiger partial charge >= 0.3 is 0 Å². The number of hydrogen-bond donors (Lipinski definition) is 1. The molecule has 3 rings (SSSR count). The van der Waals surface area contributed by atoms with Gasteiger partial charge in [-0.3, -0.25) is 0 Å². The minimum atomic E-state index is 0.499. The number of nitrogens with one attached hydrogen (secondary N) is 1. The quantitative estimate of drug-likeness (QED) is 0.805. The second-order valence-corrected chi connectivity index (χ2v) is 8.07. The smallest absolute Gasteiger partial charge is 0.0661 e. The van der Waals surface area contributed by atoms with Crippen molar-refractivity contribution in [2.45, 2.75) is 75.2 Å². The van der Waals surface area contributed by atoms with Crippen molar-refractivity contribution in [3.05, 3.63) is 0 Å². The van der Waals surface area contributed by atoms with Crippen LogP contribution in [-0.2, 0) is 4.74 Å². The summed E-state index contributed by atoms with van der Waals surface area (Å²) in [6.45, 7) is 4.24. The Morgan fingerprint density at radius 1 is 1.16 bits per heavy atom. The van der Waals surface area contributed by atoms with E-state index in [1.165, 1.54) is 57.9 Å². The van der Waals surface area contributed by atoms with Crippen molar-refractivity contribution in [3.8, 4) is 0 Å². The van der Waals surface area contributed by atoms with Gasteiger partial charge in [-0.15, -0.1) is 0 Å². The summed E-state index contributed by atoms with van der Waals surface area (Å²) >= 11 is 2.08. The Kier molecular flexibility index (Phi) is 4.17. The monoisotopic (exact) mass is 283 g/mol. The van der Waals surface area contributed by atoms with Crippen LogP contribution in [0.3, 0.4) is 0 Å². The lowest BCUT2D eigenvalue weighted by Gasteiger charge is -2.55. The van der Waals surface area contributed by atoms with E-state index < -0.39 is 0 Å². The van der Waals surface area contributed by atoms with Crippen molar-refractivity contribution >= 4 is 11.8 Å². The molecule has 0 amide bonds. The van der Waals surface area contributed by atoms with Gasteiger partial charge in [0.2, 0.25) is 0 Å². The molecular weight excluding hydrogens is 254 g/mol. The molecular formula is C16H29NOS. The lowest BCUT2D eigenvalue weighted by Crippen LogP contribution is -2.64. The fourth-order valence-corrected chi connectivity index (χ4v) is 5.43. The van der Waals surface area contributed by atoms with Crippen molar-refractivity contribution < 1.29 is 4.74 Å². The highest BCUT2D eigenvalue weighted by Crippen LogP contribution is 2.55. The van der Waals surface area contributed by atoms with Crippen LogP contribution in [0.1, 0.15) is 58.3 Å².